The Kier molecular flexibility index (Phi) is 5.86. The molecular formula is C21H20N4O3. The average Bonchev–Trinajstić information content (AvgIpc) is 2.67. The van der Waals surface area contributed by atoms with Crippen molar-refractivity contribution >= 4 is 29.1 Å². The number of carboxylic acids is 1. The average molecular weight is 376 g/mol. The molecule has 0 fully saturated rings. The lowest BCUT2D eigenvalue weighted by Crippen LogP contribution is -2.15. The third-order valence-corrected chi connectivity index (χ3v) is 4.04. The number of carboxylic acid groups (broad SMARTS) is 1. The number of nitrogens with zero attached hydrogens (tertiary/aromatic N) is 1. The topological polar surface area (TPSA) is 117 Å². The van der Waals surface area contributed by atoms with E-state index in [9.17, 15) is 9.59 Å². The van der Waals surface area contributed by atoms with Gasteiger partial charge in [0.1, 0.15) is 12.2 Å². The summed E-state index contributed by atoms with van der Waals surface area (Å²) in [6.07, 6.45) is 1.08. The van der Waals surface area contributed by atoms with Crippen molar-refractivity contribution in [2.45, 2.75) is 13.0 Å². The van der Waals surface area contributed by atoms with Crippen molar-refractivity contribution in [3.63, 3.8) is 0 Å². The minimum atomic E-state index is -1.16. The Balaban J connectivity index is 1.73. The molecule has 0 saturated carbocycles. The predicted octanol–water partition coefficient (Wildman–Crippen LogP) is 3.36. The van der Waals surface area contributed by atoms with Gasteiger partial charge in [-0.15, -0.1) is 0 Å². The SMILES string of the molecule is Nc1ncccc1NCc1cccc(-c2cccc(NC(=O)CC(=O)O)c2)c1. The number of pyridine rings is 1. The number of nitrogens with one attached hydrogen (secondary N) is 2. The third-order valence-electron chi connectivity index (χ3n) is 4.04. The second kappa shape index (κ2) is 8.68. The molecule has 1 heterocycles. The Hall–Kier alpha value is -3.87. The van der Waals surface area contributed by atoms with Crippen LogP contribution in [0.5, 0.6) is 0 Å². The molecule has 0 aliphatic heterocycles. The first-order valence-corrected chi connectivity index (χ1v) is 8.66. The van der Waals surface area contributed by atoms with Crippen LogP contribution in [0.1, 0.15) is 12.0 Å². The Bertz CT molecular complexity index is 1000. The quantitative estimate of drug-likeness (QED) is 0.470. The number of rotatable bonds is 7. The summed E-state index contributed by atoms with van der Waals surface area (Å²) in [6.45, 7) is 0.582. The summed E-state index contributed by atoms with van der Waals surface area (Å²) in [5, 5.41) is 14.6. The summed E-state index contributed by atoms with van der Waals surface area (Å²) in [5.41, 5.74) is 10.1. The molecular weight excluding hydrogens is 356 g/mol. The number of amides is 1. The molecule has 0 bridgehead atoms. The van der Waals surface area contributed by atoms with Crippen LogP contribution in [0.15, 0.2) is 66.9 Å². The molecule has 1 amide bonds. The van der Waals surface area contributed by atoms with Crippen molar-refractivity contribution in [2.75, 3.05) is 16.4 Å². The second-order valence-corrected chi connectivity index (χ2v) is 6.19. The standard InChI is InChI=1S/C21H20N4O3/c22-21-18(8-3-9-23-21)24-13-14-4-1-5-15(10-14)16-6-2-7-17(11-16)25-19(26)12-20(27)28/h1-11,24H,12-13H2,(H2,22,23)(H,25,26)(H,27,28). The van der Waals surface area contributed by atoms with Crippen molar-refractivity contribution in [1.82, 2.24) is 4.98 Å². The van der Waals surface area contributed by atoms with Crippen LogP contribution < -0.4 is 16.4 Å². The number of carbonyl (C=O) groups excluding carboxylic acids is 1. The summed E-state index contributed by atoms with van der Waals surface area (Å²) in [6, 6.07) is 18.9. The molecule has 0 radical (unpaired) electrons. The Labute approximate surface area is 162 Å². The fourth-order valence-electron chi connectivity index (χ4n) is 2.74. The van der Waals surface area contributed by atoms with Crippen LogP contribution in [0.4, 0.5) is 17.2 Å². The first kappa shape index (κ1) is 18.9. The molecule has 7 heteroatoms. The lowest BCUT2D eigenvalue weighted by molar-refractivity contribution is -0.139. The molecule has 0 spiro atoms. The first-order chi connectivity index (χ1) is 13.5. The number of carbonyl (C=O) groups is 2. The largest absolute Gasteiger partial charge is 0.481 e. The van der Waals surface area contributed by atoms with E-state index in [1.54, 1.807) is 12.3 Å². The highest BCUT2D eigenvalue weighted by atomic mass is 16.4. The molecule has 5 N–H and O–H groups in total. The van der Waals surface area contributed by atoms with E-state index in [-0.39, 0.29) is 0 Å². The van der Waals surface area contributed by atoms with E-state index < -0.39 is 18.3 Å². The first-order valence-electron chi connectivity index (χ1n) is 8.66. The van der Waals surface area contributed by atoms with E-state index >= 15 is 0 Å². The fraction of sp³-hybridized carbons (Fsp3) is 0.0952. The van der Waals surface area contributed by atoms with Gasteiger partial charge in [-0.3, -0.25) is 9.59 Å². The van der Waals surface area contributed by atoms with E-state index in [1.807, 2.05) is 54.6 Å². The van der Waals surface area contributed by atoms with Crippen molar-refractivity contribution in [3.8, 4) is 11.1 Å². The third kappa shape index (κ3) is 5.07. The summed E-state index contributed by atoms with van der Waals surface area (Å²) in [7, 11) is 0. The van der Waals surface area contributed by atoms with E-state index in [4.69, 9.17) is 10.8 Å². The van der Waals surface area contributed by atoms with Crippen molar-refractivity contribution in [3.05, 3.63) is 72.4 Å². The zero-order valence-corrected chi connectivity index (χ0v) is 15.1. The van der Waals surface area contributed by atoms with Gasteiger partial charge in [0.15, 0.2) is 0 Å². The van der Waals surface area contributed by atoms with Gasteiger partial charge in [-0.05, 0) is 47.0 Å². The van der Waals surface area contributed by atoms with Gasteiger partial charge in [0, 0.05) is 18.4 Å². The van der Waals surface area contributed by atoms with Crippen molar-refractivity contribution < 1.29 is 14.7 Å². The van der Waals surface area contributed by atoms with Crippen LogP contribution in [0, 0.1) is 0 Å². The maximum Gasteiger partial charge on any atom is 0.312 e. The molecule has 0 unspecified atom stereocenters. The Morgan fingerprint density at radius 3 is 2.50 bits per heavy atom. The maximum atomic E-state index is 11.7. The molecule has 0 atom stereocenters. The van der Waals surface area contributed by atoms with Crippen LogP contribution >= 0.6 is 0 Å². The van der Waals surface area contributed by atoms with Gasteiger partial charge in [-0.2, -0.15) is 0 Å². The van der Waals surface area contributed by atoms with Crippen LogP contribution in [0.3, 0.4) is 0 Å². The number of hydrogen-bond acceptors (Lipinski definition) is 5. The predicted molar refractivity (Wildman–Crippen MR) is 109 cm³/mol. The molecule has 7 nitrogen and oxygen atoms in total. The molecule has 3 rings (SSSR count). The molecule has 1 aromatic heterocycles. The number of nitrogen functional groups attached to an aromatic ring is 1. The second-order valence-electron chi connectivity index (χ2n) is 6.19. The number of aliphatic carboxylic acids is 1. The van der Waals surface area contributed by atoms with Gasteiger partial charge in [0.25, 0.3) is 0 Å². The van der Waals surface area contributed by atoms with E-state index in [2.05, 4.69) is 15.6 Å². The molecule has 0 aliphatic carbocycles. The van der Waals surface area contributed by atoms with Gasteiger partial charge in [-0.25, -0.2) is 4.98 Å². The minimum Gasteiger partial charge on any atom is -0.481 e. The lowest BCUT2D eigenvalue weighted by atomic mass is 10.0. The number of hydrogen-bond donors (Lipinski definition) is 4. The summed E-state index contributed by atoms with van der Waals surface area (Å²) in [5.74, 6) is -1.27. The molecule has 2 aromatic carbocycles. The van der Waals surface area contributed by atoms with Gasteiger partial charge in [0.2, 0.25) is 5.91 Å². The Morgan fingerprint density at radius 2 is 1.75 bits per heavy atom. The number of benzene rings is 2. The smallest absolute Gasteiger partial charge is 0.312 e. The van der Waals surface area contributed by atoms with Crippen LogP contribution in [0.25, 0.3) is 11.1 Å². The van der Waals surface area contributed by atoms with E-state index in [1.165, 1.54) is 0 Å². The zero-order valence-electron chi connectivity index (χ0n) is 15.1. The summed E-state index contributed by atoms with van der Waals surface area (Å²) in [4.78, 5) is 26.3. The lowest BCUT2D eigenvalue weighted by Gasteiger charge is -2.11. The Morgan fingerprint density at radius 1 is 1.00 bits per heavy atom. The molecule has 0 saturated heterocycles. The molecule has 28 heavy (non-hydrogen) atoms. The number of aromatic nitrogens is 1. The van der Waals surface area contributed by atoms with Gasteiger partial charge < -0.3 is 21.5 Å². The highest BCUT2D eigenvalue weighted by Gasteiger charge is 2.08. The van der Waals surface area contributed by atoms with Crippen molar-refractivity contribution in [1.29, 1.82) is 0 Å². The van der Waals surface area contributed by atoms with Crippen molar-refractivity contribution in [2.24, 2.45) is 0 Å². The van der Waals surface area contributed by atoms with Crippen LogP contribution in [-0.4, -0.2) is 22.0 Å². The van der Waals surface area contributed by atoms with E-state index in [0.717, 1.165) is 22.4 Å². The number of anilines is 3. The molecule has 142 valence electrons. The van der Waals surface area contributed by atoms with E-state index in [0.29, 0.717) is 18.1 Å². The number of nitrogens with two attached hydrogens (primary N) is 1. The molecule has 3 aromatic rings. The highest BCUT2D eigenvalue weighted by Crippen LogP contribution is 2.24. The monoisotopic (exact) mass is 376 g/mol. The maximum absolute atomic E-state index is 11.7. The highest BCUT2D eigenvalue weighted by molar-refractivity contribution is 6.01. The summed E-state index contributed by atoms with van der Waals surface area (Å²) < 4.78 is 0. The van der Waals surface area contributed by atoms with Crippen LogP contribution in [0.2, 0.25) is 0 Å². The van der Waals surface area contributed by atoms with Gasteiger partial charge >= 0.3 is 5.97 Å². The zero-order chi connectivity index (χ0) is 19.9. The normalized spacial score (nSPS) is 10.3. The fourth-order valence-corrected chi connectivity index (χ4v) is 2.74. The summed E-state index contributed by atoms with van der Waals surface area (Å²) >= 11 is 0. The minimum absolute atomic E-state index is 0.448. The van der Waals surface area contributed by atoms with Crippen LogP contribution in [-0.2, 0) is 16.1 Å². The molecule has 0 aliphatic rings. The van der Waals surface area contributed by atoms with Gasteiger partial charge in [-0.1, -0.05) is 30.3 Å². The van der Waals surface area contributed by atoms with Gasteiger partial charge in [0.05, 0.1) is 5.69 Å².